The molecule has 0 radical (unpaired) electrons. The molecule has 2 unspecified atom stereocenters. The van der Waals surface area contributed by atoms with Crippen LogP contribution in [0, 0.1) is 6.92 Å². The molecule has 2 aromatic rings. The molecule has 1 N–H and O–H groups in total. The number of nitrogens with zero attached hydrogens (tertiary/aromatic N) is 3. The van der Waals surface area contributed by atoms with Gasteiger partial charge in [0.25, 0.3) is 0 Å². The standard InChI is InChI=1S/C14H18N4/c1-9-16-13-4-5-15-8-14(13)18(9)12-6-10-2-3-11(7-12)17-10/h4-5,8,10-12,17H,2-3,6-7H2,1H3. The Labute approximate surface area is 106 Å². The Bertz CT molecular complexity index is 576. The van der Waals surface area contributed by atoms with E-state index in [0.717, 1.165) is 11.3 Å². The highest BCUT2D eigenvalue weighted by Crippen LogP contribution is 2.36. The highest BCUT2D eigenvalue weighted by Gasteiger charge is 2.35. The number of aryl methyl sites for hydroxylation is 1. The third-order valence-corrected chi connectivity index (χ3v) is 4.48. The van der Waals surface area contributed by atoms with Crippen LogP contribution in [0.4, 0.5) is 0 Å². The van der Waals surface area contributed by atoms with E-state index < -0.39 is 0 Å². The molecule has 94 valence electrons. The number of imidazole rings is 1. The number of nitrogens with one attached hydrogen (secondary N) is 1. The van der Waals surface area contributed by atoms with Gasteiger partial charge >= 0.3 is 0 Å². The Balaban J connectivity index is 1.80. The topological polar surface area (TPSA) is 42.7 Å². The van der Waals surface area contributed by atoms with Crippen molar-refractivity contribution in [2.24, 2.45) is 0 Å². The molecule has 2 bridgehead atoms. The molecule has 18 heavy (non-hydrogen) atoms. The van der Waals surface area contributed by atoms with E-state index in [1.54, 1.807) is 0 Å². The van der Waals surface area contributed by atoms with E-state index in [0.29, 0.717) is 18.1 Å². The lowest BCUT2D eigenvalue weighted by molar-refractivity contribution is 0.300. The van der Waals surface area contributed by atoms with Gasteiger partial charge in [-0.05, 0) is 38.7 Å². The molecule has 0 aromatic carbocycles. The van der Waals surface area contributed by atoms with Crippen molar-refractivity contribution in [3.05, 3.63) is 24.3 Å². The second-order valence-corrected chi connectivity index (χ2v) is 5.66. The van der Waals surface area contributed by atoms with Crippen LogP contribution in [-0.4, -0.2) is 26.6 Å². The van der Waals surface area contributed by atoms with Crippen molar-refractivity contribution in [2.45, 2.75) is 50.7 Å². The maximum Gasteiger partial charge on any atom is 0.107 e. The van der Waals surface area contributed by atoms with Gasteiger partial charge < -0.3 is 9.88 Å². The molecule has 2 fully saturated rings. The number of aromatic nitrogens is 3. The van der Waals surface area contributed by atoms with Crippen molar-refractivity contribution in [1.82, 2.24) is 19.9 Å². The van der Waals surface area contributed by atoms with Gasteiger partial charge in [-0.15, -0.1) is 0 Å². The van der Waals surface area contributed by atoms with Crippen LogP contribution in [0.25, 0.3) is 11.0 Å². The first-order valence-electron chi connectivity index (χ1n) is 6.86. The molecule has 0 amide bonds. The summed E-state index contributed by atoms with van der Waals surface area (Å²) in [5.74, 6) is 1.13. The molecule has 2 aliphatic rings. The monoisotopic (exact) mass is 242 g/mol. The lowest BCUT2D eigenvalue weighted by Gasteiger charge is -2.31. The molecule has 0 spiro atoms. The first-order valence-corrected chi connectivity index (χ1v) is 6.86. The predicted octanol–water partition coefficient (Wildman–Crippen LogP) is 2.20. The number of hydrogen-bond acceptors (Lipinski definition) is 3. The fraction of sp³-hybridized carbons (Fsp3) is 0.571. The Hall–Kier alpha value is -1.42. The highest BCUT2D eigenvalue weighted by atomic mass is 15.1. The van der Waals surface area contributed by atoms with E-state index >= 15 is 0 Å². The minimum atomic E-state index is 0.595. The average Bonchev–Trinajstić information content (AvgIpc) is 2.88. The lowest BCUT2D eigenvalue weighted by atomic mass is 9.99. The molecule has 4 heterocycles. The first-order chi connectivity index (χ1) is 8.81. The fourth-order valence-corrected chi connectivity index (χ4v) is 3.76. The van der Waals surface area contributed by atoms with E-state index in [9.17, 15) is 0 Å². The molecular formula is C14H18N4. The smallest absolute Gasteiger partial charge is 0.107 e. The number of rotatable bonds is 1. The lowest BCUT2D eigenvalue weighted by Crippen LogP contribution is -2.39. The minimum absolute atomic E-state index is 0.595. The van der Waals surface area contributed by atoms with Gasteiger partial charge in [0.2, 0.25) is 0 Å². The van der Waals surface area contributed by atoms with E-state index in [4.69, 9.17) is 0 Å². The molecular weight excluding hydrogens is 224 g/mol. The van der Waals surface area contributed by atoms with Crippen LogP contribution in [0.5, 0.6) is 0 Å². The van der Waals surface area contributed by atoms with Gasteiger partial charge in [0.1, 0.15) is 5.82 Å². The molecule has 4 rings (SSSR count). The Morgan fingerprint density at radius 1 is 1.28 bits per heavy atom. The predicted molar refractivity (Wildman–Crippen MR) is 70.5 cm³/mol. The minimum Gasteiger partial charge on any atom is -0.324 e. The maximum atomic E-state index is 4.66. The molecule has 2 aliphatic heterocycles. The third kappa shape index (κ3) is 1.48. The van der Waals surface area contributed by atoms with E-state index in [-0.39, 0.29) is 0 Å². The van der Waals surface area contributed by atoms with Gasteiger partial charge in [0.05, 0.1) is 17.2 Å². The van der Waals surface area contributed by atoms with Gasteiger partial charge in [-0.25, -0.2) is 4.98 Å². The summed E-state index contributed by atoms with van der Waals surface area (Å²) in [4.78, 5) is 8.92. The summed E-state index contributed by atoms with van der Waals surface area (Å²) in [5, 5.41) is 3.70. The van der Waals surface area contributed by atoms with Crippen LogP contribution in [0.3, 0.4) is 0 Å². The zero-order valence-corrected chi connectivity index (χ0v) is 10.6. The number of piperidine rings is 1. The molecule has 2 atom stereocenters. The number of hydrogen-bond donors (Lipinski definition) is 1. The van der Waals surface area contributed by atoms with Crippen LogP contribution in [-0.2, 0) is 0 Å². The zero-order valence-electron chi connectivity index (χ0n) is 10.6. The SMILES string of the molecule is Cc1nc2ccncc2n1C1CC2CCC(C1)N2. The summed E-state index contributed by atoms with van der Waals surface area (Å²) in [6.07, 6.45) is 8.93. The Morgan fingerprint density at radius 2 is 2.06 bits per heavy atom. The van der Waals surface area contributed by atoms with Gasteiger partial charge in [0.15, 0.2) is 0 Å². The van der Waals surface area contributed by atoms with E-state index in [1.165, 1.54) is 31.2 Å². The van der Waals surface area contributed by atoms with E-state index in [2.05, 4.69) is 26.8 Å². The largest absolute Gasteiger partial charge is 0.324 e. The van der Waals surface area contributed by atoms with Crippen molar-refractivity contribution < 1.29 is 0 Å². The molecule has 2 saturated heterocycles. The van der Waals surface area contributed by atoms with Crippen LogP contribution < -0.4 is 5.32 Å². The molecule has 0 aliphatic carbocycles. The molecule has 4 nitrogen and oxygen atoms in total. The number of pyridine rings is 1. The quantitative estimate of drug-likeness (QED) is 0.833. The normalized spacial score (nSPS) is 31.1. The fourth-order valence-electron chi connectivity index (χ4n) is 3.76. The Morgan fingerprint density at radius 3 is 2.83 bits per heavy atom. The summed E-state index contributed by atoms with van der Waals surface area (Å²) >= 11 is 0. The van der Waals surface area contributed by atoms with Gasteiger partial charge in [0, 0.05) is 24.3 Å². The first kappa shape index (κ1) is 10.5. The average molecular weight is 242 g/mol. The van der Waals surface area contributed by atoms with Crippen molar-refractivity contribution in [1.29, 1.82) is 0 Å². The van der Waals surface area contributed by atoms with Crippen LogP contribution in [0.1, 0.15) is 37.5 Å². The van der Waals surface area contributed by atoms with Crippen LogP contribution in [0.2, 0.25) is 0 Å². The van der Waals surface area contributed by atoms with Crippen LogP contribution >= 0.6 is 0 Å². The van der Waals surface area contributed by atoms with Gasteiger partial charge in [-0.2, -0.15) is 0 Å². The van der Waals surface area contributed by atoms with Gasteiger partial charge in [-0.1, -0.05) is 0 Å². The van der Waals surface area contributed by atoms with Crippen LogP contribution in [0.15, 0.2) is 18.5 Å². The summed E-state index contributed by atoms with van der Waals surface area (Å²) < 4.78 is 2.41. The molecule has 0 saturated carbocycles. The molecule has 2 aromatic heterocycles. The van der Waals surface area contributed by atoms with Crippen molar-refractivity contribution in [3.8, 4) is 0 Å². The van der Waals surface area contributed by atoms with Crippen molar-refractivity contribution in [2.75, 3.05) is 0 Å². The van der Waals surface area contributed by atoms with Crippen molar-refractivity contribution in [3.63, 3.8) is 0 Å². The summed E-state index contributed by atoms with van der Waals surface area (Å²) in [7, 11) is 0. The zero-order chi connectivity index (χ0) is 12.1. The third-order valence-electron chi connectivity index (χ3n) is 4.48. The maximum absolute atomic E-state index is 4.66. The summed E-state index contributed by atoms with van der Waals surface area (Å²) in [5.41, 5.74) is 2.27. The number of fused-ring (bicyclic) bond motifs is 3. The summed E-state index contributed by atoms with van der Waals surface area (Å²) in [6, 6.07) is 4.02. The Kier molecular flexibility index (Phi) is 2.21. The van der Waals surface area contributed by atoms with Crippen molar-refractivity contribution >= 4 is 11.0 Å². The van der Waals surface area contributed by atoms with E-state index in [1.807, 2.05) is 18.5 Å². The second kappa shape index (κ2) is 3.79. The second-order valence-electron chi connectivity index (χ2n) is 5.66. The highest BCUT2D eigenvalue weighted by molar-refractivity contribution is 5.74. The molecule has 4 heteroatoms. The summed E-state index contributed by atoms with van der Waals surface area (Å²) in [6.45, 7) is 2.12. The van der Waals surface area contributed by atoms with Gasteiger partial charge in [-0.3, -0.25) is 4.98 Å².